The highest BCUT2D eigenvalue weighted by Gasteiger charge is 2.39. The molecule has 0 unspecified atom stereocenters. The van der Waals surface area contributed by atoms with Crippen LogP contribution in [0.2, 0.25) is 0 Å². The molecule has 0 aromatic heterocycles. The molecule has 1 amide bonds. The van der Waals surface area contributed by atoms with Gasteiger partial charge in [-0.05, 0) is 60.9 Å². The third-order valence-electron chi connectivity index (χ3n) is 4.37. The van der Waals surface area contributed by atoms with Crippen molar-refractivity contribution in [1.82, 2.24) is 9.79 Å². The largest absolute Gasteiger partial charge is 0.489 e. The maximum atomic E-state index is 12.8. The highest BCUT2D eigenvalue weighted by molar-refractivity contribution is 9.11. The topological polar surface area (TPSA) is 95.9 Å². The Labute approximate surface area is 180 Å². The van der Waals surface area contributed by atoms with E-state index < -0.39 is 22.0 Å². The molecule has 0 bridgehead atoms. The molecule has 1 atom stereocenters. The molecule has 0 spiro atoms. The average molecular weight is 534 g/mol. The maximum absolute atomic E-state index is 12.8. The van der Waals surface area contributed by atoms with Crippen LogP contribution in [0.25, 0.3) is 0 Å². The molecule has 0 aliphatic carbocycles. The van der Waals surface area contributed by atoms with E-state index in [0.717, 1.165) is 18.8 Å². The minimum absolute atomic E-state index is 0.0719. The van der Waals surface area contributed by atoms with Crippen molar-refractivity contribution >= 4 is 47.8 Å². The lowest BCUT2D eigenvalue weighted by molar-refractivity contribution is -0.132. The van der Waals surface area contributed by atoms with E-state index in [1.165, 1.54) is 17.6 Å². The molecule has 2 aromatic rings. The van der Waals surface area contributed by atoms with Gasteiger partial charge in [-0.2, -0.15) is 4.31 Å². The maximum Gasteiger partial charge on any atom is 0.261 e. The summed E-state index contributed by atoms with van der Waals surface area (Å²) in [4.78, 5) is 11.8. The summed E-state index contributed by atoms with van der Waals surface area (Å²) in [6, 6.07) is 11.0. The molecule has 1 aliphatic rings. The van der Waals surface area contributed by atoms with Crippen LogP contribution < -0.4 is 10.2 Å². The van der Waals surface area contributed by atoms with Gasteiger partial charge in [0, 0.05) is 15.5 Å². The lowest BCUT2D eigenvalue weighted by Gasteiger charge is -2.22. The summed E-state index contributed by atoms with van der Waals surface area (Å²) in [6.07, 6.45) is 0.926. The van der Waals surface area contributed by atoms with Crippen molar-refractivity contribution in [3.05, 3.63) is 57.0 Å². The Morgan fingerprint density at radius 3 is 2.43 bits per heavy atom. The number of nitrogens with one attached hydrogen (secondary N) is 1. The zero-order valence-electron chi connectivity index (χ0n) is 14.6. The number of benzene rings is 2. The third kappa shape index (κ3) is 4.74. The summed E-state index contributed by atoms with van der Waals surface area (Å²) in [7, 11) is -3.84. The van der Waals surface area contributed by atoms with Crippen LogP contribution in [0.4, 0.5) is 0 Å². The SMILES string of the molecule is O=C(NO)[C@H]1CCCN1S(=O)(=O)c1ccc(OCc2cc(Br)cc(Br)c2)cc1. The highest BCUT2D eigenvalue weighted by atomic mass is 79.9. The van der Waals surface area contributed by atoms with E-state index in [2.05, 4.69) is 31.9 Å². The van der Waals surface area contributed by atoms with Gasteiger partial charge in [-0.15, -0.1) is 0 Å². The minimum Gasteiger partial charge on any atom is -0.489 e. The lowest BCUT2D eigenvalue weighted by Crippen LogP contribution is -2.44. The molecule has 2 aromatic carbocycles. The quantitative estimate of drug-likeness (QED) is 0.438. The molecule has 10 heteroatoms. The molecular weight excluding hydrogens is 516 g/mol. The second-order valence-corrected chi connectivity index (χ2v) is 10.0. The van der Waals surface area contributed by atoms with Gasteiger partial charge in [-0.3, -0.25) is 10.0 Å². The lowest BCUT2D eigenvalue weighted by atomic mass is 10.2. The predicted octanol–water partition coefficient (Wildman–Crippen LogP) is 3.45. The third-order valence-corrected chi connectivity index (χ3v) is 7.21. The minimum atomic E-state index is -3.84. The number of carbonyl (C=O) groups excluding carboxylic acids is 1. The fourth-order valence-electron chi connectivity index (χ4n) is 3.07. The molecule has 28 heavy (non-hydrogen) atoms. The second kappa shape index (κ2) is 8.91. The number of halogens is 2. The van der Waals surface area contributed by atoms with Crippen molar-refractivity contribution in [2.45, 2.75) is 30.4 Å². The number of carbonyl (C=O) groups is 1. The highest BCUT2D eigenvalue weighted by Crippen LogP contribution is 2.28. The van der Waals surface area contributed by atoms with Crippen molar-refractivity contribution in [2.75, 3.05) is 6.54 Å². The molecule has 1 heterocycles. The van der Waals surface area contributed by atoms with E-state index in [1.807, 2.05) is 18.2 Å². The van der Waals surface area contributed by atoms with Crippen LogP contribution in [0, 0.1) is 0 Å². The summed E-state index contributed by atoms with van der Waals surface area (Å²) in [6.45, 7) is 0.561. The Hall–Kier alpha value is -1.46. The van der Waals surface area contributed by atoms with Crippen LogP contribution >= 0.6 is 31.9 Å². The van der Waals surface area contributed by atoms with Crippen molar-refractivity contribution in [3.8, 4) is 5.75 Å². The molecule has 1 saturated heterocycles. The first kappa shape index (κ1) is 21.3. The molecule has 7 nitrogen and oxygen atoms in total. The molecule has 1 fully saturated rings. The summed E-state index contributed by atoms with van der Waals surface area (Å²) >= 11 is 6.84. The van der Waals surface area contributed by atoms with Crippen molar-refractivity contribution in [1.29, 1.82) is 0 Å². The Kier molecular flexibility index (Phi) is 6.77. The number of hydroxylamine groups is 1. The van der Waals surface area contributed by atoms with Gasteiger partial charge in [0.2, 0.25) is 10.0 Å². The summed E-state index contributed by atoms with van der Waals surface area (Å²) in [5, 5.41) is 8.83. The van der Waals surface area contributed by atoms with Crippen LogP contribution in [0.3, 0.4) is 0 Å². The van der Waals surface area contributed by atoms with Crippen LogP contribution in [-0.2, 0) is 21.4 Å². The smallest absolute Gasteiger partial charge is 0.261 e. The number of nitrogens with zero attached hydrogens (tertiary/aromatic N) is 1. The van der Waals surface area contributed by atoms with Gasteiger partial charge >= 0.3 is 0 Å². The van der Waals surface area contributed by atoms with Crippen LogP contribution in [0.1, 0.15) is 18.4 Å². The van der Waals surface area contributed by atoms with Crippen LogP contribution in [-0.4, -0.2) is 36.4 Å². The van der Waals surface area contributed by atoms with Gasteiger partial charge < -0.3 is 4.74 Å². The summed E-state index contributed by atoms with van der Waals surface area (Å²) < 4.78 is 34.4. The molecule has 1 aliphatic heterocycles. The molecule has 2 N–H and O–H groups in total. The number of rotatable bonds is 6. The van der Waals surface area contributed by atoms with Gasteiger partial charge in [-0.1, -0.05) is 31.9 Å². The van der Waals surface area contributed by atoms with Gasteiger partial charge in [0.25, 0.3) is 5.91 Å². The zero-order valence-corrected chi connectivity index (χ0v) is 18.6. The normalized spacial score (nSPS) is 17.5. The van der Waals surface area contributed by atoms with Crippen molar-refractivity contribution in [2.24, 2.45) is 0 Å². The first-order valence-electron chi connectivity index (χ1n) is 8.45. The van der Waals surface area contributed by atoms with E-state index in [0.29, 0.717) is 25.2 Å². The van der Waals surface area contributed by atoms with E-state index in [4.69, 9.17) is 9.94 Å². The van der Waals surface area contributed by atoms with Gasteiger partial charge in [0.05, 0.1) is 4.90 Å². The monoisotopic (exact) mass is 532 g/mol. The average Bonchev–Trinajstić information content (AvgIpc) is 3.16. The summed E-state index contributed by atoms with van der Waals surface area (Å²) in [5.74, 6) is -0.192. The molecule has 150 valence electrons. The van der Waals surface area contributed by atoms with E-state index in [-0.39, 0.29) is 11.4 Å². The number of sulfonamides is 1. The fraction of sp³-hybridized carbons (Fsp3) is 0.278. The van der Waals surface area contributed by atoms with Crippen molar-refractivity contribution < 1.29 is 23.2 Å². The number of hydrogen-bond acceptors (Lipinski definition) is 5. The van der Waals surface area contributed by atoms with Gasteiger partial charge in [-0.25, -0.2) is 13.9 Å². The Morgan fingerprint density at radius 1 is 1.18 bits per heavy atom. The van der Waals surface area contributed by atoms with Gasteiger partial charge in [0.1, 0.15) is 18.4 Å². The molecular formula is C18H18Br2N2O5S. The van der Waals surface area contributed by atoms with E-state index >= 15 is 0 Å². The standard InChI is InChI=1S/C18H18Br2N2O5S/c19-13-8-12(9-14(20)10-13)11-27-15-3-5-16(6-4-15)28(25,26)22-7-1-2-17(22)18(23)21-24/h3-6,8-10,17,24H,1-2,7,11H2,(H,21,23)/t17-/m1/s1. The summed E-state index contributed by atoms with van der Waals surface area (Å²) in [5.41, 5.74) is 2.49. The first-order chi connectivity index (χ1) is 13.3. The molecule has 3 rings (SSSR count). The zero-order chi connectivity index (χ0) is 20.3. The van der Waals surface area contributed by atoms with E-state index in [9.17, 15) is 13.2 Å². The Balaban J connectivity index is 1.72. The number of amides is 1. The first-order valence-corrected chi connectivity index (χ1v) is 11.5. The van der Waals surface area contributed by atoms with E-state index in [1.54, 1.807) is 12.1 Å². The fourth-order valence-corrected chi connectivity index (χ4v) is 6.11. The number of hydrogen-bond donors (Lipinski definition) is 2. The predicted molar refractivity (Wildman–Crippen MR) is 109 cm³/mol. The van der Waals surface area contributed by atoms with Crippen molar-refractivity contribution in [3.63, 3.8) is 0 Å². The van der Waals surface area contributed by atoms with Crippen LogP contribution in [0.5, 0.6) is 5.75 Å². The Morgan fingerprint density at radius 2 is 1.82 bits per heavy atom. The Bertz CT molecular complexity index is 946. The molecule has 0 saturated carbocycles. The second-order valence-electron chi connectivity index (χ2n) is 6.29. The molecule has 0 radical (unpaired) electrons. The number of ether oxygens (including phenoxy) is 1. The van der Waals surface area contributed by atoms with Crippen LogP contribution in [0.15, 0.2) is 56.3 Å². The van der Waals surface area contributed by atoms with Gasteiger partial charge in [0.15, 0.2) is 0 Å².